The van der Waals surface area contributed by atoms with E-state index < -0.39 is 11.9 Å². The van der Waals surface area contributed by atoms with Crippen LogP contribution in [0.3, 0.4) is 0 Å². The van der Waals surface area contributed by atoms with Gasteiger partial charge < -0.3 is 13.9 Å². The van der Waals surface area contributed by atoms with Crippen LogP contribution in [0, 0.1) is 20.8 Å². The molecule has 2 aromatic rings. The molecule has 0 aromatic carbocycles. The number of furan rings is 1. The minimum absolute atomic E-state index is 0.0228. The Hall–Kier alpha value is -2.08. The molecule has 0 aliphatic heterocycles. The maximum absolute atomic E-state index is 12.0. The summed E-state index contributed by atoms with van der Waals surface area (Å²) in [5, 5.41) is 0. The van der Waals surface area contributed by atoms with Crippen LogP contribution in [-0.2, 0) is 16.1 Å². The van der Waals surface area contributed by atoms with Crippen molar-refractivity contribution in [3.63, 3.8) is 0 Å². The van der Waals surface area contributed by atoms with Crippen LogP contribution in [0.1, 0.15) is 42.0 Å². The molecule has 112 valence electrons. The van der Waals surface area contributed by atoms with E-state index in [4.69, 9.17) is 9.15 Å². The van der Waals surface area contributed by atoms with Gasteiger partial charge in [-0.15, -0.1) is 11.3 Å². The predicted octanol–water partition coefficient (Wildman–Crippen LogP) is 3.41. The number of methoxy groups -OCH3 is 1. The first kappa shape index (κ1) is 15.3. The maximum atomic E-state index is 12.0. The Kier molecular flexibility index (Phi) is 4.47. The molecular formula is C15H16O5S. The molecule has 21 heavy (non-hydrogen) atoms. The molecule has 0 bridgehead atoms. The Morgan fingerprint density at radius 1 is 1.14 bits per heavy atom. The van der Waals surface area contributed by atoms with Gasteiger partial charge in [0.15, 0.2) is 0 Å². The molecule has 6 heteroatoms. The van der Waals surface area contributed by atoms with Gasteiger partial charge in [-0.2, -0.15) is 0 Å². The van der Waals surface area contributed by atoms with Gasteiger partial charge in [-0.3, -0.25) is 0 Å². The monoisotopic (exact) mass is 308 g/mol. The van der Waals surface area contributed by atoms with E-state index in [-0.39, 0.29) is 6.61 Å². The van der Waals surface area contributed by atoms with Crippen molar-refractivity contribution in [2.24, 2.45) is 0 Å². The largest absolute Gasteiger partial charge is 0.465 e. The average Bonchev–Trinajstić information content (AvgIpc) is 2.97. The molecule has 0 unspecified atom stereocenters. The molecule has 2 aromatic heterocycles. The summed E-state index contributed by atoms with van der Waals surface area (Å²) in [7, 11) is 1.30. The number of aryl methyl sites for hydroxylation is 3. The Balaban J connectivity index is 2.05. The minimum Gasteiger partial charge on any atom is -0.465 e. The predicted molar refractivity (Wildman–Crippen MR) is 77.7 cm³/mol. The third-order valence-electron chi connectivity index (χ3n) is 2.98. The van der Waals surface area contributed by atoms with Crippen molar-refractivity contribution in [1.82, 2.24) is 0 Å². The number of rotatable bonds is 4. The highest BCUT2D eigenvalue weighted by molar-refractivity contribution is 7.12. The first-order valence-corrected chi connectivity index (χ1v) is 7.15. The lowest BCUT2D eigenvalue weighted by Crippen LogP contribution is -2.05. The highest BCUT2D eigenvalue weighted by atomic mass is 32.1. The molecule has 0 aliphatic rings. The second kappa shape index (κ2) is 6.13. The molecule has 0 N–H and O–H groups in total. The third kappa shape index (κ3) is 3.33. The first-order valence-electron chi connectivity index (χ1n) is 6.34. The van der Waals surface area contributed by atoms with Gasteiger partial charge in [0.1, 0.15) is 23.7 Å². The lowest BCUT2D eigenvalue weighted by molar-refractivity contribution is 0.0443. The van der Waals surface area contributed by atoms with Crippen molar-refractivity contribution in [3.8, 4) is 0 Å². The van der Waals surface area contributed by atoms with Gasteiger partial charge in [-0.25, -0.2) is 9.59 Å². The Morgan fingerprint density at radius 2 is 1.86 bits per heavy atom. The third-order valence-corrected chi connectivity index (χ3v) is 3.95. The summed E-state index contributed by atoms with van der Waals surface area (Å²) in [5.41, 5.74) is 0.903. The summed E-state index contributed by atoms with van der Waals surface area (Å²) in [5.74, 6) is -0.0232. The van der Waals surface area contributed by atoms with Gasteiger partial charge in [0.2, 0.25) is 0 Å². The topological polar surface area (TPSA) is 65.7 Å². The van der Waals surface area contributed by atoms with Crippen molar-refractivity contribution < 1.29 is 23.5 Å². The molecule has 0 saturated carbocycles. The average molecular weight is 308 g/mol. The van der Waals surface area contributed by atoms with Gasteiger partial charge >= 0.3 is 11.9 Å². The van der Waals surface area contributed by atoms with E-state index in [0.717, 1.165) is 9.75 Å². The molecule has 2 rings (SSSR count). The number of carbonyl (C=O) groups excluding carboxylic acids is 2. The van der Waals surface area contributed by atoms with Crippen LogP contribution in [0.5, 0.6) is 0 Å². The van der Waals surface area contributed by atoms with Crippen molar-refractivity contribution >= 4 is 23.3 Å². The standard InChI is InChI=1S/C15H16O5S/c1-8-5-13(10(3)21-8)15(17)19-7-11-6-12(9(2)20-11)14(16)18-4/h5-6H,7H2,1-4H3. The number of hydrogen-bond donors (Lipinski definition) is 0. The fraction of sp³-hybridized carbons (Fsp3) is 0.333. The maximum Gasteiger partial charge on any atom is 0.341 e. The fourth-order valence-electron chi connectivity index (χ4n) is 1.98. The molecule has 0 amide bonds. The fourth-order valence-corrected chi connectivity index (χ4v) is 2.89. The van der Waals surface area contributed by atoms with Crippen LogP contribution in [0.25, 0.3) is 0 Å². The molecule has 0 atom stereocenters. The van der Waals surface area contributed by atoms with E-state index in [1.807, 2.05) is 13.8 Å². The molecule has 5 nitrogen and oxygen atoms in total. The second-order valence-corrected chi connectivity index (χ2v) is 6.04. The Morgan fingerprint density at radius 3 is 2.43 bits per heavy atom. The molecule has 0 aliphatic carbocycles. The summed E-state index contributed by atoms with van der Waals surface area (Å²) in [6.07, 6.45) is 0. The lowest BCUT2D eigenvalue weighted by atomic mass is 10.2. The zero-order valence-electron chi connectivity index (χ0n) is 12.3. The van der Waals surface area contributed by atoms with E-state index in [0.29, 0.717) is 22.6 Å². The first-order chi connectivity index (χ1) is 9.92. The minimum atomic E-state index is -0.474. The summed E-state index contributed by atoms with van der Waals surface area (Å²) in [6, 6.07) is 3.33. The van der Waals surface area contributed by atoms with Crippen LogP contribution in [0.2, 0.25) is 0 Å². The molecular weight excluding hydrogens is 292 g/mol. The highest BCUT2D eigenvalue weighted by Gasteiger charge is 2.18. The molecule has 0 saturated heterocycles. The zero-order valence-corrected chi connectivity index (χ0v) is 13.1. The summed E-state index contributed by atoms with van der Waals surface area (Å²) in [6.45, 7) is 5.45. The molecule has 0 spiro atoms. The number of ether oxygens (including phenoxy) is 2. The number of carbonyl (C=O) groups is 2. The summed E-state index contributed by atoms with van der Waals surface area (Å²) >= 11 is 1.55. The van der Waals surface area contributed by atoms with Crippen molar-refractivity contribution in [3.05, 3.63) is 44.5 Å². The van der Waals surface area contributed by atoms with Gasteiger partial charge in [0, 0.05) is 9.75 Å². The quantitative estimate of drug-likeness (QED) is 0.810. The Labute approximate surface area is 126 Å². The van der Waals surface area contributed by atoms with Gasteiger partial charge in [0.25, 0.3) is 0 Å². The zero-order chi connectivity index (χ0) is 15.6. The van der Waals surface area contributed by atoms with Crippen LogP contribution >= 0.6 is 11.3 Å². The molecule has 0 fully saturated rings. The molecule has 2 heterocycles. The van der Waals surface area contributed by atoms with Crippen molar-refractivity contribution in [2.45, 2.75) is 27.4 Å². The van der Waals surface area contributed by atoms with E-state index in [1.54, 1.807) is 24.3 Å². The van der Waals surface area contributed by atoms with Crippen molar-refractivity contribution in [2.75, 3.05) is 7.11 Å². The molecule has 0 radical (unpaired) electrons. The van der Waals surface area contributed by atoms with Gasteiger partial charge in [-0.05, 0) is 32.9 Å². The van der Waals surface area contributed by atoms with Gasteiger partial charge in [-0.1, -0.05) is 0 Å². The van der Waals surface area contributed by atoms with Crippen LogP contribution in [0.4, 0.5) is 0 Å². The smallest absolute Gasteiger partial charge is 0.341 e. The van der Waals surface area contributed by atoms with Gasteiger partial charge in [0.05, 0.1) is 12.7 Å². The summed E-state index contributed by atoms with van der Waals surface area (Å²) < 4.78 is 15.2. The van der Waals surface area contributed by atoms with Crippen molar-refractivity contribution in [1.29, 1.82) is 0 Å². The lowest BCUT2D eigenvalue weighted by Gasteiger charge is -2.01. The second-order valence-electron chi connectivity index (χ2n) is 4.58. The van der Waals surface area contributed by atoms with E-state index in [2.05, 4.69) is 4.74 Å². The van der Waals surface area contributed by atoms with Crippen LogP contribution in [0.15, 0.2) is 16.5 Å². The van der Waals surface area contributed by atoms with Crippen LogP contribution in [-0.4, -0.2) is 19.0 Å². The Bertz CT molecular complexity index is 680. The normalized spacial score (nSPS) is 10.5. The van der Waals surface area contributed by atoms with E-state index in [1.165, 1.54) is 13.2 Å². The SMILES string of the molecule is COC(=O)c1cc(COC(=O)c2cc(C)sc2C)oc1C. The number of esters is 2. The van der Waals surface area contributed by atoms with Crippen LogP contribution < -0.4 is 0 Å². The number of hydrogen-bond acceptors (Lipinski definition) is 6. The van der Waals surface area contributed by atoms with E-state index in [9.17, 15) is 9.59 Å². The number of thiophene rings is 1. The highest BCUT2D eigenvalue weighted by Crippen LogP contribution is 2.22. The summed E-state index contributed by atoms with van der Waals surface area (Å²) in [4.78, 5) is 25.4. The van der Waals surface area contributed by atoms with E-state index >= 15 is 0 Å².